The van der Waals surface area contributed by atoms with E-state index in [-0.39, 0.29) is 5.91 Å². The topological polar surface area (TPSA) is 45.1 Å². The van der Waals surface area contributed by atoms with Crippen molar-refractivity contribution in [2.24, 2.45) is 4.99 Å². The van der Waals surface area contributed by atoms with Crippen LogP contribution in [-0.2, 0) is 4.79 Å². The Bertz CT molecular complexity index is 795. The molecule has 8 heteroatoms. The smallest absolute Gasteiger partial charge is 0.269 e. The first-order chi connectivity index (χ1) is 12.6. The summed E-state index contributed by atoms with van der Waals surface area (Å²) in [6, 6.07) is 5.98. The number of fused-ring (bicyclic) bond motifs is 1. The maximum Gasteiger partial charge on any atom is 0.269 e. The lowest BCUT2D eigenvalue weighted by Gasteiger charge is -2.19. The zero-order valence-electron chi connectivity index (χ0n) is 14.7. The zero-order chi connectivity index (χ0) is 18.7. The molecule has 0 N–H and O–H groups in total. The number of benzene rings is 1. The Kier molecular flexibility index (Phi) is 6.21. The van der Waals surface area contributed by atoms with E-state index in [9.17, 15) is 4.79 Å². The number of methoxy groups -OCH3 is 1. The van der Waals surface area contributed by atoms with Crippen LogP contribution in [0, 0.1) is 0 Å². The van der Waals surface area contributed by atoms with Crippen molar-refractivity contribution in [2.45, 2.75) is 11.8 Å². The Morgan fingerprint density at radius 3 is 2.81 bits per heavy atom. The van der Waals surface area contributed by atoms with Gasteiger partial charge in [0, 0.05) is 29.9 Å². The van der Waals surface area contributed by atoms with Crippen molar-refractivity contribution in [1.29, 1.82) is 0 Å². The summed E-state index contributed by atoms with van der Waals surface area (Å²) in [6.07, 6.45) is 1.71. The number of alkyl halides is 1. The second kappa shape index (κ2) is 8.41. The molecule has 2 aliphatic heterocycles. The van der Waals surface area contributed by atoms with Gasteiger partial charge in [0.2, 0.25) is 0 Å². The summed E-state index contributed by atoms with van der Waals surface area (Å²) in [6.45, 7) is 7.49. The summed E-state index contributed by atoms with van der Waals surface area (Å²) < 4.78 is 5.35. The van der Waals surface area contributed by atoms with Gasteiger partial charge >= 0.3 is 0 Å². The summed E-state index contributed by atoms with van der Waals surface area (Å²) in [5.74, 6) is 1.19. The lowest BCUT2D eigenvalue weighted by molar-refractivity contribution is -0.121. The average molecular weight is 410 g/mol. The summed E-state index contributed by atoms with van der Waals surface area (Å²) in [5, 5.41) is 1.62. The Morgan fingerprint density at radius 2 is 2.15 bits per heavy atom. The molecule has 2 aliphatic rings. The van der Waals surface area contributed by atoms with Gasteiger partial charge in [-0.25, -0.2) is 0 Å². The lowest BCUT2D eigenvalue weighted by atomic mass is 10.2. The molecule has 0 unspecified atom stereocenters. The highest BCUT2D eigenvalue weighted by Crippen LogP contribution is 2.51. The Labute approximate surface area is 167 Å². The normalized spacial score (nSPS) is 20.9. The van der Waals surface area contributed by atoms with E-state index < -0.39 is 0 Å². The largest absolute Gasteiger partial charge is 0.497 e. The lowest BCUT2D eigenvalue weighted by Crippen LogP contribution is -2.30. The van der Waals surface area contributed by atoms with E-state index in [1.807, 2.05) is 18.2 Å². The monoisotopic (exact) mass is 409 g/mol. The molecule has 0 radical (unpaired) electrons. The van der Waals surface area contributed by atoms with Gasteiger partial charge in [-0.2, -0.15) is 0 Å². The van der Waals surface area contributed by atoms with E-state index in [0.717, 1.165) is 27.9 Å². The molecule has 0 aromatic heterocycles. The van der Waals surface area contributed by atoms with Gasteiger partial charge in [0.05, 0.1) is 19.3 Å². The van der Waals surface area contributed by atoms with Crippen molar-refractivity contribution in [1.82, 2.24) is 4.90 Å². The highest BCUT2D eigenvalue weighted by atomic mass is 35.5. The quantitative estimate of drug-likeness (QED) is 0.401. The summed E-state index contributed by atoms with van der Waals surface area (Å²) >= 11 is 8.78. The molecule has 1 saturated heterocycles. The van der Waals surface area contributed by atoms with Crippen LogP contribution in [0.1, 0.15) is 6.92 Å². The zero-order valence-corrected chi connectivity index (χ0v) is 17.1. The number of aliphatic imine (C=N–C) groups is 1. The van der Waals surface area contributed by atoms with Crippen molar-refractivity contribution < 1.29 is 9.53 Å². The molecular formula is C18H20ClN3O2S2. The molecule has 0 saturated carbocycles. The molecule has 1 fully saturated rings. The van der Waals surface area contributed by atoms with E-state index in [2.05, 4.69) is 23.4 Å². The molecule has 5 nitrogen and oxygen atoms in total. The number of amidine groups is 1. The second-order valence-electron chi connectivity index (χ2n) is 5.47. The predicted octanol–water partition coefficient (Wildman–Crippen LogP) is 4.15. The molecule has 1 amide bonds. The number of rotatable bonds is 6. The number of thioether (sulfide) groups is 2. The van der Waals surface area contributed by atoms with Crippen molar-refractivity contribution in [3.63, 3.8) is 0 Å². The van der Waals surface area contributed by atoms with Gasteiger partial charge in [-0.15, -0.1) is 18.2 Å². The molecular weight excluding hydrogens is 390 g/mol. The molecule has 1 aromatic carbocycles. The van der Waals surface area contributed by atoms with Crippen molar-refractivity contribution in [3.8, 4) is 5.75 Å². The van der Waals surface area contributed by atoms with E-state index >= 15 is 0 Å². The van der Waals surface area contributed by atoms with Gasteiger partial charge < -0.3 is 9.64 Å². The van der Waals surface area contributed by atoms with Crippen LogP contribution in [0.3, 0.4) is 0 Å². The van der Waals surface area contributed by atoms with Gasteiger partial charge in [-0.3, -0.25) is 14.7 Å². The maximum absolute atomic E-state index is 13.0. The third-order valence-electron chi connectivity index (χ3n) is 3.93. The summed E-state index contributed by atoms with van der Waals surface area (Å²) in [5.41, 5.74) is 1.06. The van der Waals surface area contributed by atoms with Gasteiger partial charge in [0.1, 0.15) is 15.7 Å². The predicted molar refractivity (Wildman–Crippen MR) is 111 cm³/mol. The van der Waals surface area contributed by atoms with Crippen LogP contribution in [0.25, 0.3) is 0 Å². The van der Waals surface area contributed by atoms with Gasteiger partial charge in [0.25, 0.3) is 5.91 Å². The minimum atomic E-state index is -0.0380. The Morgan fingerprint density at radius 1 is 1.35 bits per heavy atom. The van der Waals surface area contributed by atoms with Crippen LogP contribution in [-0.4, -0.2) is 48.6 Å². The minimum absolute atomic E-state index is 0.0380. The molecule has 26 heavy (non-hydrogen) atoms. The van der Waals surface area contributed by atoms with Crippen molar-refractivity contribution in [2.75, 3.05) is 37.5 Å². The Hall–Kier alpha value is -1.57. The van der Waals surface area contributed by atoms with Crippen LogP contribution in [0.2, 0.25) is 0 Å². The highest BCUT2D eigenvalue weighted by Gasteiger charge is 2.39. The molecule has 0 bridgehead atoms. The number of nitrogens with zero attached hydrogens (tertiary/aromatic N) is 3. The van der Waals surface area contributed by atoms with Crippen LogP contribution in [0.4, 0.5) is 5.69 Å². The third-order valence-corrected chi connectivity index (χ3v) is 6.51. The number of ether oxygens (including phenoxy) is 1. The minimum Gasteiger partial charge on any atom is -0.497 e. The van der Waals surface area contributed by atoms with E-state index in [0.29, 0.717) is 29.0 Å². The van der Waals surface area contributed by atoms with Crippen LogP contribution >= 0.6 is 35.1 Å². The molecule has 2 heterocycles. The second-order valence-corrected chi connectivity index (χ2v) is 7.86. The number of hydrogen-bond donors (Lipinski definition) is 0. The summed E-state index contributed by atoms with van der Waals surface area (Å²) in [4.78, 5) is 23.1. The fourth-order valence-corrected chi connectivity index (χ4v) is 5.22. The fraction of sp³-hybridized carbons (Fsp3) is 0.333. The number of anilines is 1. The van der Waals surface area contributed by atoms with Gasteiger partial charge in [0.15, 0.2) is 5.17 Å². The molecule has 1 aromatic rings. The Balaban J connectivity index is 2.01. The molecule has 138 valence electrons. The van der Waals surface area contributed by atoms with E-state index in [1.54, 1.807) is 29.8 Å². The van der Waals surface area contributed by atoms with Gasteiger partial charge in [-0.05, 0) is 30.8 Å². The van der Waals surface area contributed by atoms with Crippen LogP contribution in [0.15, 0.2) is 50.7 Å². The number of halogens is 1. The van der Waals surface area contributed by atoms with Crippen LogP contribution < -0.4 is 9.64 Å². The first-order valence-electron chi connectivity index (χ1n) is 8.23. The molecule has 0 atom stereocenters. The first-order valence-corrected chi connectivity index (χ1v) is 10.4. The summed E-state index contributed by atoms with van der Waals surface area (Å²) in [7, 11) is 1.66. The van der Waals surface area contributed by atoms with Crippen molar-refractivity contribution in [3.05, 3.63) is 40.8 Å². The maximum atomic E-state index is 13.0. The molecule has 3 rings (SSSR count). The SMILES string of the molecule is C=CCN1C(=O)/C(=C2/Sc3ccc(OC)cc3N2CC)SC1=NCCCl. The van der Waals surface area contributed by atoms with Gasteiger partial charge in [-0.1, -0.05) is 17.8 Å². The number of hydrogen-bond acceptors (Lipinski definition) is 6. The van der Waals surface area contributed by atoms with E-state index in [1.165, 1.54) is 11.8 Å². The average Bonchev–Trinajstić information content (AvgIpc) is 3.17. The highest BCUT2D eigenvalue weighted by molar-refractivity contribution is 8.19. The number of carbonyl (C=O) groups excluding carboxylic acids is 1. The standard InChI is InChI=1S/C18H20ClN3O2S2/c1-4-10-22-16(23)15(26-18(22)20-9-8-19)17-21(5-2)13-11-12(24-3)6-7-14(13)25-17/h4,6-7,11H,1,5,8-10H2,2-3H3/b17-15-,20-18?. The first kappa shape index (κ1) is 19.2. The fourth-order valence-electron chi connectivity index (χ4n) is 2.75. The van der Waals surface area contributed by atoms with Crippen molar-refractivity contribution >= 4 is 51.9 Å². The molecule has 0 spiro atoms. The third kappa shape index (κ3) is 3.48. The number of carbonyl (C=O) groups is 1. The number of amides is 1. The molecule has 0 aliphatic carbocycles. The van der Waals surface area contributed by atoms with Crippen LogP contribution in [0.5, 0.6) is 5.75 Å². The van der Waals surface area contributed by atoms with E-state index in [4.69, 9.17) is 16.3 Å².